The number of benzene rings is 1. The molecule has 0 spiro atoms. The zero-order chi connectivity index (χ0) is 22.4. The highest BCUT2D eigenvalue weighted by Gasteiger charge is 2.45. The summed E-state index contributed by atoms with van der Waals surface area (Å²) in [5.74, 6) is -3.16. The minimum absolute atomic E-state index is 0.0675. The van der Waals surface area contributed by atoms with Gasteiger partial charge < -0.3 is 30.7 Å². The van der Waals surface area contributed by atoms with E-state index in [1.54, 1.807) is 30.3 Å². The Kier molecular flexibility index (Phi) is 7.19. The van der Waals surface area contributed by atoms with Crippen LogP contribution in [0.4, 0.5) is 0 Å². The molecule has 4 N–H and O–H groups in total. The van der Waals surface area contributed by atoms with Gasteiger partial charge in [0.15, 0.2) is 0 Å². The van der Waals surface area contributed by atoms with Crippen molar-refractivity contribution < 1.29 is 33.8 Å². The van der Waals surface area contributed by atoms with Gasteiger partial charge in [0, 0.05) is 19.3 Å². The van der Waals surface area contributed by atoms with Gasteiger partial charge in [-0.25, -0.2) is 0 Å². The van der Waals surface area contributed by atoms with Crippen molar-refractivity contribution in [1.82, 2.24) is 20.9 Å². The summed E-state index contributed by atoms with van der Waals surface area (Å²) >= 11 is 0. The molecule has 3 atom stereocenters. The van der Waals surface area contributed by atoms with E-state index in [0.29, 0.717) is 12.8 Å². The van der Waals surface area contributed by atoms with Crippen LogP contribution >= 0.6 is 0 Å². The van der Waals surface area contributed by atoms with Crippen molar-refractivity contribution in [2.75, 3.05) is 19.7 Å². The predicted octanol–water partition coefficient (Wildman–Crippen LogP) is -1.62. The number of hydrogen-bond donors (Lipinski definition) is 4. The molecule has 0 aromatic heterocycles. The van der Waals surface area contributed by atoms with E-state index in [2.05, 4.69) is 16.0 Å². The number of hydrogen-bond acceptors (Lipinski definition) is 6. The molecule has 11 nitrogen and oxygen atoms in total. The van der Waals surface area contributed by atoms with Crippen LogP contribution in [-0.4, -0.2) is 77.6 Å². The zero-order valence-corrected chi connectivity index (χ0v) is 16.7. The number of ether oxygens (including phenoxy) is 1. The lowest BCUT2D eigenvalue weighted by molar-refractivity contribution is -0.138. The van der Waals surface area contributed by atoms with Crippen LogP contribution in [0.25, 0.3) is 0 Å². The average Bonchev–Trinajstić information content (AvgIpc) is 3.33. The van der Waals surface area contributed by atoms with Gasteiger partial charge >= 0.3 is 5.97 Å². The molecule has 0 unspecified atom stereocenters. The number of carboxylic acids is 1. The molecule has 31 heavy (non-hydrogen) atoms. The SMILES string of the molecule is O=C(O)CNC(=O)[C@H](Cc1ccccc1)NC(=O)CNC(=O)[C@@H]1CO[C@H]2CCC(=O)N21. The second-order valence-corrected chi connectivity index (χ2v) is 7.28. The Morgan fingerprint density at radius 2 is 1.87 bits per heavy atom. The molecule has 2 aliphatic rings. The third kappa shape index (κ3) is 5.79. The van der Waals surface area contributed by atoms with Gasteiger partial charge in [-0.3, -0.25) is 24.0 Å². The molecule has 0 saturated carbocycles. The van der Waals surface area contributed by atoms with E-state index in [4.69, 9.17) is 9.84 Å². The molecular weight excluding hydrogens is 408 g/mol. The molecular formula is C20H24N4O7. The molecule has 2 aliphatic heterocycles. The van der Waals surface area contributed by atoms with Crippen molar-refractivity contribution in [3.05, 3.63) is 35.9 Å². The first-order valence-corrected chi connectivity index (χ1v) is 9.88. The molecule has 0 aliphatic carbocycles. The topological polar surface area (TPSA) is 154 Å². The van der Waals surface area contributed by atoms with Gasteiger partial charge in [-0.05, 0) is 5.56 Å². The van der Waals surface area contributed by atoms with Crippen LogP contribution in [0.2, 0.25) is 0 Å². The number of fused-ring (bicyclic) bond motifs is 1. The summed E-state index contributed by atoms with van der Waals surface area (Å²) in [7, 11) is 0. The average molecular weight is 432 g/mol. The fraction of sp³-hybridized carbons (Fsp3) is 0.450. The van der Waals surface area contributed by atoms with Crippen LogP contribution in [0, 0.1) is 0 Å². The fourth-order valence-corrected chi connectivity index (χ4v) is 3.57. The summed E-state index contributed by atoms with van der Waals surface area (Å²) in [6, 6.07) is 7.10. The minimum atomic E-state index is -1.21. The number of nitrogens with one attached hydrogen (secondary N) is 3. The van der Waals surface area contributed by atoms with Crippen molar-refractivity contribution in [3.8, 4) is 0 Å². The van der Waals surface area contributed by atoms with E-state index in [1.165, 1.54) is 4.90 Å². The van der Waals surface area contributed by atoms with Crippen LogP contribution in [0.15, 0.2) is 30.3 Å². The molecule has 2 fully saturated rings. The van der Waals surface area contributed by atoms with E-state index < -0.39 is 55.1 Å². The molecule has 4 amide bonds. The quantitative estimate of drug-likeness (QED) is 0.366. The van der Waals surface area contributed by atoms with Gasteiger partial charge in [0.25, 0.3) is 0 Å². The lowest BCUT2D eigenvalue weighted by Crippen LogP contribution is -2.53. The Bertz CT molecular complexity index is 860. The summed E-state index contributed by atoms with van der Waals surface area (Å²) in [4.78, 5) is 61.2. The third-order valence-electron chi connectivity index (χ3n) is 5.06. The fourth-order valence-electron chi connectivity index (χ4n) is 3.57. The van der Waals surface area contributed by atoms with Crippen LogP contribution in [0.5, 0.6) is 0 Å². The smallest absolute Gasteiger partial charge is 0.322 e. The molecule has 1 aromatic rings. The Morgan fingerprint density at radius 1 is 1.13 bits per heavy atom. The maximum atomic E-state index is 12.4. The van der Waals surface area contributed by atoms with Gasteiger partial charge in [0.05, 0.1) is 13.2 Å². The van der Waals surface area contributed by atoms with Crippen LogP contribution in [0.3, 0.4) is 0 Å². The van der Waals surface area contributed by atoms with Gasteiger partial charge in [0.2, 0.25) is 23.6 Å². The molecule has 0 bridgehead atoms. The summed E-state index contributed by atoms with van der Waals surface area (Å²) in [5.41, 5.74) is 0.768. The zero-order valence-electron chi connectivity index (χ0n) is 16.7. The van der Waals surface area contributed by atoms with E-state index in [0.717, 1.165) is 5.56 Å². The van der Waals surface area contributed by atoms with Gasteiger partial charge in [-0.1, -0.05) is 30.3 Å². The second kappa shape index (κ2) is 10.0. The highest BCUT2D eigenvalue weighted by atomic mass is 16.5. The number of amides is 4. The van der Waals surface area contributed by atoms with Crippen molar-refractivity contribution in [1.29, 1.82) is 0 Å². The minimum Gasteiger partial charge on any atom is -0.480 e. The Hall–Kier alpha value is -3.47. The molecule has 3 rings (SSSR count). The molecule has 166 valence electrons. The van der Waals surface area contributed by atoms with Gasteiger partial charge in [-0.15, -0.1) is 0 Å². The van der Waals surface area contributed by atoms with Gasteiger partial charge in [0.1, 0.15) is 24.9 Å². The monoisotopic (exact) mass is 432 g/mol. The van der Waals surface area contributed by atoms with Crippen LogP contribution < -0.4 is 16.0 Å². The summed E-state index contributed by atoms with van der Waals surface area (Å²) in [6.07, 6.45) is 0.606. The lowest BCUT2D eigenvalue weighted by Gasteiger charge is -2.21. The Balaban J connectivity index is 1.55. The van der Waals surface area contributed by atoms with Crippen molar-refractivity contribution in [2.24, 2.45) is 0 Å². The van der Waals surface area contributed by atoms with E-state index in [9.17, 15) is 24.0 Å². The maximum Gasteiger partial charge on any atom is 0.322 e. The Labute approximate surface area is 178 Å². The van der Waals surface area contributed by atoms with Crippen LogP contribution in [0.1, 0.15) is 18.4 Å². The van der Waals surface area contributed by atoms with E-state index >= 15 is 0 Å². The maximum absolute atomic E-state index is 12.4. The first kappa shape index (κ1) is 22.2. The molecule has 1 aromatic carbocycles. The highest BCUT2D eigenvalue weighted by Crippen LogP contribution is 2.28. The number of rotatable bonds is 9. The molecule has 0 radical (unpaired) electrons. The second-order valence-electron chi connectivity index (χ2n) is 7.28. The first-order valence-electron chi connectivity index (χ1n) is 9.88. The summed E-state index contributed by atoms with van der Waals surface area (Å²) in [6.45, 7) is -0.916. The summed E-state index contributed by atoms with van der Waals surface area (Å²) in [5, 5.41) is 16.0. The number of carboxylic acid groups (broad SMARTS) is 1. The number of carbonyl (C=O) groups excluding carboxylic acids is 4. The molecule has 11 heteroatoms. The van der Waals surface area contributed by atoms with E-state index in [1.807, 2.05) is 0 Å². The Morgan fingerprint density at radius 3 is 2.58 bits per heavy atom. The van der Waals surface area contributed by atoms with Crippen molar-refractivity contribution >= 4 is 29.6 Å². The highest BCUT2D eigenvalue weighted by molar-refractivity contribution is 5.93. The number of nitrogens with zero attached hydrogens (tertiary/aromatic N) is 1. The van der Waals surface area contributed by atoms with Crippen molar-refractivity contribution in [2.45, 2.75) is 37.6 Å². The van der Waals surface area contributed by atoms with E-state index in [-0.39, 0.29) is 18.9 Å². The normalized spacial score (nSPS) is 20.6. The largest absolute Gasteiger partial charge is 0.480 e. The first-order chi connectivity index (χ1) is 14.8. The third-order valence-corrected chi connectivity index (χ3v) is 5.06. The van der Waals surface area contributed by atoms with Gasteiger partial charge in [-0.2, -0.15) is 0 Å². The number of carbonyl (C=O) groups is 5. The van der Waals surface area contributed by atoms with Crippen LogP contribution in [-0.2, 0) is 35.1 Å². The summed E-state index contributed by atoms with van der Waals surface area (Å²) < 4.78 is 5.44. The molecule has 2 saturated heterocycles. The number of aliphatic carboxylic acids is 1. The standard InChI is InChI=1S/C20H24N4O7/c25-15(9-21-20(30)14-11-31-17-7-6-16(26)24(14)17)23-13(19(29)22-10-18(27)28)8-12-4-2-1-3-5-12/h1-5,13-14,17H,6-11H2,(H,21,30)(H,22,29)(H,23,25)(H,27,28)/t13-,14-,17-/m0/s1. The predicted molar refractivity (Wildman–Crippen MR) is 105 cm³/mol. The van der Waals surface area contributed by atoms with Crippen molar-refractivity contribution in [3.63, 3.8) is 0 Å². The lowest BCUT2D eigenvalue weighted by atomic mass is 10.1. The molecule has 2 heterocycles.